The van der Waals surface area contributed by atoms with E-state index in [1.54, 1.807) is 26.4 Å². The summed E-state index contributed by atoms with van der Waals surface area (Å²) in [7, 11) is 3.26. The molecule has 0 radical (unpaired) electrons. The van der Waals surface area contributed by atoms with Crippen LogP contribution in [0.1, 0.15) is 53.9 Å². The lowest BCUT2D eigenvalue weighted by Crippen LogP contribution is -2.07. The average Bonchev–Trinajstić information content (AvgIpc) is 3.82. The fourth-order valence-corrected chi connectivity index (χ4v) is 8.88. The Labute approximate surface area is 394 Å². The highest BCUT2D eigenvalue weighted by Gasteiger charge is 2.24. The summed E-state index contributed by atoms with van der Waals surface area (Å²) >= 11 is 0. The molecule has 0 bridgehead atoms. The molecule has 2 heterocycles. The van der Waals surface area contributed by atoms with Crippen molar-refractivity contribution < 1.29 is 29.2 Å². The van der Waals surface area contributed by atoms with Crippen LogP contribution >= 0.6 is 0 Å². The molecule has 0 aliphatic rings. The number of benzene rings is 6. The Morgan fingerprint density at radius 1 is 0.597 bits per heavy atom. The summed E-state index contributed by atoms with van der Waals surface area (Å²) in [6.45, 7) is 21.9. The van der Waals surface area contributed by atoms with Crippen molar-refractivity contribution in [3.05, 3.63) is 181 Å². The molecule has 0 saturated carbocycles. The second-order valence-corrected chi connectivity index (χ2v) is 16.2. The van der Waals surface area contributed by atoms with E-state index in [1.165, 1.54) is 5.56 Å². The van der Waals surface area contributed by atoms with Crippen molar-refractivity contribution in [3.8, 4) is 68.1 Å². The minimum Gasteiger partial charge on any atom is -0.505 e. The highest BCUT2D eigenvalue weighted by molar-refractivity contribution is 5.96. The predicted octanol–water partition coefficient (Wildman–Crippen LogP) is 14.7. The van der Waals surface area contributed by atoms with E-state index in [0.717, 1.165) is 67.6 Å². The fourth-order valence-electron chi connectivity index (χ4n) is 8.88. The molecule has 0 saturated heterocycles. The van der Waals surface area contributed by atoms with Crippen LogP contribution in [0, 0.1) is 20.8 Å². The summed E-state index contributed by atoms with van der Waals surface area (Å²) in [6, 6.07) is 35.8. The van der Waals surface area contributed by atoms with E-state index in [0.29, 0.717) is 65.0 Å². The molecule has 67 heavy (non-hydrogen) atoms. The van der Waals surface area contributed by atoms with Crippen molar-refractivity contribution in [2.24, 2.45) is 0 Å². The number of phenolic OH excluding ortho intramolecular Hbond substituents is 2. The Morgan fingerprint density at radius 2 is 1.09 bits per heavy atom. The molecule has 8 rings (SSSR count). The highest BCUT2D eigenvalue weighted by Crippen LogP contribution is 2.46. The molecule has 2 N–H and O–H groups in total. The largest absolute Gasteiger partial charge is 0.505 e. The van der Waals surface area contributed by atoms with Gasteiger partial charge in [-0.25, -0.2) is 0 Å². The number of para-hydroxylation sites is 2. The van der Waals surface area contributed by atoms with Crippen LogP contribution in [0.25, 0.3) is 67.6 Å². The zero-order chi connectivity index (χ0) is 47.8. The lowest BCUT2D eigenvalue weighted by atomic mass is 9.99. The fraction of sp³-hybridized carbons (Fsp3) is 0.186. The molecule has 0 aliphatic carbocycles. The van der Waals surface area contributed by atoms with E-state index in [2.05, 4.69) is 79.1 Å². The van der Waals surface area contributed by atoms with Gasteiger partial charge in [0.15, 0.2) is 0 Å². The molecular weight excluding hydrogens is 833 g/mol. The maximum atomic E-state index is 12.2. The standard InChI is InChI=1S/C55H54N2O6.C4H6/c1-9-17-40-41-19-13-15-21-49(41)57(47(40)11-3)51-31-35(5)29-45(55(51)59)43-33-38(61-8)23-25-53(43)63-27-16-26-62-52-24-22-37(60-7)32-42(52)44-28-34(4)30-50(54(44)58)56-46(10-2)36(6)39-18-12-14-20-48(39)56;1-3-4-2/h9,11-15,17-25,28-33,58-59H,3,10,16,26-27H2,1-2,4-8H3;3-4H,1-2H2/b17-9-;. The molecule has 0 unspecified atom stereocenters. The first-order valence-electron chi connectivity index (χ1n) is 22.5. The smallest absolute Gasteiger partial charge is 0.147 e. The second-order valence-electron chi connectivity index (χ2n) is 16.2. The molecule has 8 heteroatoms. The predicted molar refractivity (Wildman–Crippen MR) is 278 cm³/mol. The Balaban J connectivity index is 0.00000160. The average molecular weight is 893 g/mol. The Bertz CT molecular complexity index is 3140. The Morgan fingerprint density at radius 3 is 1.57 bits per heavy atom. The van der Waals surface area contributed by atoms with Crippen LogP contribution in [0.3, 0.4) is 0 Å². The molecule has 2 aromatic heterocycles. The third-order valence-electron chi connectivity index (χ3n) is 11.9. The Kier molecular flexibility index (Phi) is 14.8. The molecule has 8 nitrogen and oxygen atoms in total. The van der Waals surface area contributed by atoms with Gasteiger partial charge in [0.1, 0.15) is 34.5 Å². The van der Waals surface area contributed by atoms with Crippen molar-refractivity contribution in [1.82, 2.24) is 9.13 Å². The van der Waals surface area contributed by atoms with Crippen LogP contribution in [0.5, 0.6) is 34.5 Å². The number of aromatic nitrogens is 2. The van der Waals surface area contributed by atoms with Crippen molar-refractivity contribution in [3.63, 3.8) is 0 Å². The van der Waals surface area contributed by atoms with E-state index in [-0.39, 0.29) is 11.5 Å². The number of aryl methyl sites for hydroxylation is 3. The summed E-state index contributed by atoms with van der Waals surface area (Å²) in [5.74, 6) is 2.77. The number of hydrogen-bond donors (Lipinski definition) is 2. The van der Waals surface area contributed by atoms with Crippen LogP contribution in [-0.4, -0.2) is 46.8 Å². The number of aromatic hydroxyl groups is 2. The van der Waals surface area contributed by atoms with E-state index in [1.807, 2.05) is 112 Å². The topological polar surface area (TPSA) is 87.2 Å². The number of ether oxygens (including phenoxy) is 4. The first-order chi connectivity index (χ1) is 32.5. The van der Waals surface area contributed by atoms with E-state index in [9.17, 15) is 10.2 Å². The summed E-state index contributed by atoms with van der Waals surface area (Å²) in [4.78, 5) is 0. The first-order valence-corrected chi connectivity index (χ1v) is 22.5. The van der Waals surface area contributed by atoms with E-state index in [4.69, 9.17) is 18.9 Å². The summed E-state index contributed by atoms with van der Waals surface area (Å²) < 4.78 is 28.6. The molecule has 0 spiro atoms. The lowest BCUT2D eigenvalue weighted by molar-refractivity contribution is 0.248. The normalized spacial score (nSPS) is 11.1. The van der Waals surface area contributed by atoms with Gasteiger partial charge in [0.25, 0.3) is 0 Å². The van der Waals surface area contributed by atoms with Crippen LogP contribution in [-0.2, 0) is 6.42 Å². The third kappa shape index (κ3) is 9.34. The van der Waals surface area contributed by atoms with Gasteiger partial charge in [-0.05, 0) is 130 Å². The van der Waals surface area contributed by atoms with Crippen molar-refractivity contribution in [1.29, 1.82) is 0 Å². The number of methoxy groups -OCH3 is 2. The summed E-state index contributed by atoms with van der Waals surface area (Å²) in [5.41, 5.74) is 12.3. The van der Waals surface area contributed by atoms with Gasteiger partial charge < -0.3 is 38.3 Å². The van der Waals surface area contributed by atoms with Gasteiger partial charge in [-0.2, -0.15) is 0 Å². The minimum atomic E-state index is 0.110. The monoisotopic (exact) mass is 892 g/mol. The molecule has 6 aromatic carbocycles. The number of rotatable bonds is 16. The SMILES string of the molecule is C=CC=C.C=Cc1c(/C=C\C)c2ccccc2n1-c1cc(C)cc(-c2cc(OC)ccc2OCCCOc2ccc(OC)cc2-c2cc(C)cc(-n3c(CC)c(C)c4ccccc43)c2O)c1O. The van der Waals surface area contributed by atoms with Gasteiger partial charge in [0.2, 0.25) is 0 Å². The molecule has 8 aromatic rings. The van der Waals surface area contributed by atoms with Gasteiger partial charge in [-0.3, -0.25) is 0 Å². The van der Waals surface area contributed by atoms with Crippen LogP contribution in [0.2, 0.25) is 0 Å². The summed E-state index contributed by atoms with van der Waals surface area (Å²) in [5, 5.41) is 26.6. The maximum Gasteiger partial charge on any atom is 0.147 e. The zero-order valence-corrected chi connectivity index (χ0v) is 39.7. The molecular formula is C59H60N2O6. The molecule has 0 amide bonds. The Hall–Kier alpha value is -7.84. The molecule has 0 atom stereocenters. The number of hydrogen-bond acceptors (Lipinski definition) is 6. The highest BCUT2D eigenvalue weighted by atomic mass is 16.5. The number of allylic oxidation sites excluding steroid dienone is 3. The van der Waals surface area contributed by atoms with Crippen LogP contribution in [0.4, 0.5) is 0 Å². The van der Waals surface area contributed by atoms with Gasteiger partial charge in [0, 0.05) is 50.7 Å². The van der Waals surface area contributed by atoms with E-state index < -0.39 is 0 Å². The van der Waals surface area contributed by atoms with Crippen molar-refractivity contribution >= 4 is 34.0 Å². The van der Waals surface area contributed by atoms with Gasteiger partial charge in [-0.15, -0.1) is 0 Å². The maximum absolute atomic E-state index is 12.2. The number of nitrogens with zero attached hydrogens (tertiary/aromatic N) is 2. The first kappa shape index (κ1) is 47.1. The van der Waals surface area contributed by atoms with Crippen molar-refractivity contribution in [2.75, 3.05) is 27.4 Å². The quantitative estimate of drug-likeness (QED) is 0.0742. The molecule has 0 fully saturated rings. The number of fused-ring (bicyclic) bond motifs is 2. The minimum absolute atomic E-state index is 0.110. The third-order valence-corrected chi connectivity index (χ3v) is 11.9. The van der Waals surface area contributed by atoms with Crippen LogP contribution < -0.4 is 18.9 Å². The summed E-state index contributed by atoms with van der Waals surface area (Å²) in [6.07, 6.45) is 10.6. The molecule has 0 aliphatic heterocycles. The van der Waals surface area contributed by atoms with Gasteiger partial charge in [-0.1, -0.05) is 87.4 Å². The molecule has 342 valence electrons. The van der Waals surface area contributed by atoms with Crippen LogP contribution in [0.15, 0.2) is 147 Å². The zero-order valence-electron chi connectivity index (χ0n) is 39.7. The number of phenols is 2. The van der Waals surface area contributed by atoms with Gasteiger partial charge in [0.05, 0.1) is 55.5 Å². The van der Waals surface area contributed by atoms with E-state index >= 15 is 0 Å². The lowest BCUT2D eigenvalue weighted by Gasteiger charge is -2.19. The van der Waals surface area contributed by atoms with Crippen molar-refractivity contribution in [2.45, 2.75) is 47.5 Å². The second kappa shape index (κ2) is 21.0. The van der Waals surface area contributed by atoms with Gasteiger partial charge >= 0.3 is 0 Å².